The van der Waals surface area contributed by atoms with E-state index >= 15 is 0 Å². The van der Waals surface area contributed by atoms with Crippen molar-refractivity contribution in [2.45, 2.75) is 52.8 Å². The molecule has 1 fully saturated rings. The van der Waals surface area contributed by atoms with Gasteiger partial charge < -0.3 is 20.6 Å². The van der Waals surface area contributed by atoms with Crippen molar-refractivity contribution in [2.75, 3.05) is 29.9 Å². The van der Waals surface area contributed by atoms with Crippen LogP contribution in [-0.2, 0) is 9.59 Å². The monoisotopic (exact) mass is 419 g/mol. The van der Waals surface area contributed by atoms with E-state index in [1.165, 1.54) is 0 Å². The number of carbonyl (C=O) groups is 2. The van der Waals surface area contributed by atoms with Gasteiger partial charge in [-0.3, -0.25) is 4.79 Å². The largest absolute Gasteiger partial charge is 0.490 e. The van der Waals surface area contributed by atoms with Gasteiger partial charge in [-0.2, -0.15) is 18.2 Å². The summed E-state index contributed by atoms with van der Waals surface area (Å²) < 4.78 is 31.7. The number of anilines is 2. The van der Waals surface area contributed by atoms with Crippen molar-refractivity contribution in [1.82, 2.24) is 15.3 Å². The van der Waals surface area contributed by atoms with Gasteiger partial charge in [0.15, 0.2) is 0 Å². The molecule has 0 spiro atoms. The minimum atomic E-state index is -5.08. The van der Waals surface area contributed by atoms with Gasteiger partial charge >= 0.3 is 12.1 Å². The van der Waals surface area contributed by atoms with E-state index < -0.39 is 12.1 Å². The maximum absolute atomic E-state index is 11.5. The molecular weight excluding hydrogens is 391 g/mol. The van der Waals surface area contributed by atoms with Crippen LogP contribution in [0.5, 0.6) is 0 Å². The fraction of sp³-hybridized carbons (Fsp3) is 0.667. The summed E-state index contributed by atoms with van der Waals surface area (Å²) >= 11 is 0. The Bertz CT molecular complexity index is 692. The number of aromatic nitrogens is 2. The van der Waals surface area contributed by atoms with Gasteiger partial charge in [-0.15, -0.1) is 0 Å². The summed E-state index contributed by atoms with van der Waals surface area (Å²) in [6.07, 6.45) is -1.81. The number of carbonyl (C=O) groups excluding carboxylic acids is 1. The Morgan fingerprint density at radius 1 is 1.31 bits per heavy atom. The summed E-state index contributed by atoms with van der Waals surface area (Å²) in [6, 6.07) is 2.14. The Morgan fingerprint density at radius 2 is 1.93 bits per heavy atom. The third-order valence-electron chi connectivity index (χ3n) is 3.86. The van der Waals surface area contributed by atoms with Crippen LogP contribution in [0.4, 0.5) is 24.9 Å². The van der Waals surface area contributed by atoms with E-state index in [-0.39, 0.29) is 17.4 Å². The first-order valence-corrected chi connectivity index (χ1v) is 9.23. The predicted octanol–water partition coefficient (Wildman–Crippen LogP) is 2.67. The van der Waals surface area contributed by atoms with Gasteiger partial charge in [0.1, 0.15) is 5.82 Å². The lowest BCUT2D eigenvalue weighted by Gasteiger charge is -2.21. The van der Waals surface area contributed by atoms with Crippen LogP contribution < -0.4 is 15.5 Å². The molecule has 1 aromatic heterocycles. The smallest absolute Gasteiger partial charge is 0.475 e. The van der Waals surface area contributed by atoms with E-state index in [0.717, 1.165) is 31.9 Å². The highest BCUT2D eigenvalue weighted by molar-refractivity contribution is 5.76. The van der Waals surface area contributed by atoms with Crippen LogP contribution in [0.25, 0.3) is 0 Å². The molecular formula is C18H28F3N5O3. The zero-order chi connectivity index (χ0) is 22.2. The molecule has 1 aliphatic heterocycles. The lowest BCUT2D eigenvalue weighted by Crippen LogP contribution is -2.36. The van der Waals surface area contributed by atoms with Gasteiger partial charge in [0, 0.05) is 38.3 Å². The summed E-state index contributed by atoms with van der Waals surface area (Å²) in [5, 5.41) is 13.5. The fourth-order valence-corrected chi connectivity index (χ4v) is 2.37. The Morgan fingerprint density at radius 3 is 2.45 bits per heavy atom. The molecule has 0 bridgehead atoms. The van der Waals surface area contributed by atoms with Gasteiger partial charge in [-0.1, -0.05) is 27.7 Å². The van der Waals surface area contributed by atoms with Gasteiger partial charge in [-0.25, -0.2) is 9.78 Å². The molecule has 0 saturated carbocycles. The molecule has 1 amide bonds. The van der Waals surface area contributed by atoms with E-state index in [1.54, 1.807) is 6.20 Å². The Hall–Kier alpha value is -2.59. The molecule has 29 heavy (non-hydrogen) atoms. The summed E-state index contributed by atoms with van der Waals surface area (Å²) in [5.41, 5.74) is 0.183. The maximum atomic E-state index is 11.5. The van der Waals surface area contributed by atoms with Crippen LogP contribution in [0.2, 0.25) is 0 Å². The molecule has 164 valence electrons. The number of nitrogens with one attached hydrogen (secondary N) is 2. The Kier molecular flexibility index (Phi) is 8.65. The summed E-state index contributed by atoms with van der Waals surface area (Å²) in [6.45, 7) is 10.9. The predicted molar refractivity (Wildman–Crippen MR) is 103 cm³/mol. The molecule has 3 N–H and O–H groups in total. The molecule has 1 aliphatic rings. The SMILES string of the molecule is CCC(=O)N[C@@H]1CCN(c2ccnc(NCC(C)(C)C)n2)C1.O=C(O)C(F)(F)F. The normalized spacial score (nSPS) is 16.7. The molecule has 1 atom stereocenters. The van der Waals surface area contributed by atoms with Crippen LogP contribution in [0.3, 0.4) is 0 Å². The second-order valence-corrected chi connectivity index (χ2v) is 7.81. The lowest BCUT2D eigenvalue weighted by molar-refractivity contribution is -0.192. The summed E-state index contributed by atoms with van der Waals surface area (Å²) in [5.74, 6) is -1.07. The summed E-state index contributed by atoms with van der Waals surface area (Å²) in [4.78, 5) is 31.4. The molecule has 2 heterocycles. The maximum Gasteiger partial charge on any atom is 0.490 e. The quantitative estimate of drug-likeness (QED) is 0.673. The molecule has 0 aromatic carbocycles. The number of carboxylic acids is 1. The molecule has 8 nitrogen and oxygen atoms in total. The van der Waals surface area contributed by atoms with Crippen LogP contribution >= 0.6 is 0 Å². The number of halogens is 3. The number of rotatable bonds is 5. The second-order valence-electron chi connectivity index (χ2n) is 7.81. The number of aliphatic carboxylic acids is 1. The summed E-state index contributed by atoms with van der Waals surface area (Å²) in [7, 11) is 0. The minimum Gasteiger partial charge on any atom is -0.475 e. The standard InChI is InChI=1S/C16H27N5O.C2HF3O2/c1-5-14(22)19-12-7-9-21(10-12)13-6-8-17-15(20-13)18-11-16(2,3)4;3-2(4,5)1(6)7/h6,8,12H,5,7,9-11H2,1-4H3,(H,19,22)(H,17,18,20);(H,6,7)/t12-;/m1./s1. The first-order valence-electron chi connectivity index (χ1n) is 9.23. The number of alkyl halides is 3. The number of carboxylic acid groups (broad SMARTS) is 1. The average Bonchev–Trinajstić information content (AvgIpc) is 3.08. The van der Waals surface area contributed by atoms with Crippen molar-refractivity contribution in [3.8, 4) is 0 Å². The molecule has 1 aromatic rings. The van der Waals surface area contributed by atoms with E-state index in [4.69, 9.17) is 9.90 Å². The zero-order valence-electron chi connectivity index (χ0n) is 17.0. The molecule has 0 aliphatic carbocycles. The third kappa shape index (κ3) is 9.44. The lowest BCUT2D eigenvalue weighted by atomic mass is 9.97. The molecule has 0 unspecified atom stereocenters. The van der Waals surface area contributed by atoms with Crippen LogP contribution in [0.15, 0.2) is 12.3 Å². The van der Waals surface area contributed by atoms with E-state index in [9.17, 15) is 18.0 Å². The first kappa shape index (κ1) is 24.4. The topological polar surface area (TPSA) is 107 Å². The third-order valence-corrected chi connectivity index (χ3v) is 3.86. The zero-order valence-corrected chi connectivity index (χ0v) is 17.0. The van der Waals surface area contributed by atoms with Gasteiger partial charge in [-0.05, 0) is 17.9 Å². The minimum absolute atomic E-state index is 0.113. The highest BCUT2D eigenvalue weighted by Crippen LogP contribution is 2.20. The van der Waals surface area contributed by atoms with E-state index in [1.807, 2.05) is 13.0 Å². The van der Waals surface area contributed by atoms with Gasteiger partial charge in [0.05, 0.1) is 0 Å². The molecule has 11 heteroatoms. The van der Waals surface area contributed by atoms with Gasteiger partial charge in [0.25, 0.3) is 0 Å². The fourth-order valence-electron chi connectivity index (χ4n) is 2.37. The van der Waals surface area contributed by atoms with Crippen molar-refractivity contribution < 1.29 is 27.9 Å². The number of amides is 1. The van der Waals surface area contributed by atoms with Gasteiger partial charge in [0.2, 0.25) is 11.9 Å². The number of nitrogens with zero attached hydrogens (tertiary/aromatic N) is 3. The van der Waals surface area contributed by atoms with Crippen LogP contribution in [0, 0.1) is 5.41 Å². The Labute approximate surface area is 167 Å². The average molecular weight is 419 g/mol. The van der Waals surface area contributed by atoms with Crippen molar-refractivity contribution >= 4 is 23.6 Å². The van der Waals surface area contributed by atoms with E-state index in [0.29, 0.717) is 12.4 Å². The van der Waals surface area contributed by atoms with Crippen molar-refractivity contribution in [3.05, 3.63) is 12.3 Å². The molecule has 2 rings (SSSR count). The van der Waals surface area contributed by atoms with Crippen LogP contribution in [-0.4, -0.2) is 58.8 Å². The number of hydrogen-bond donors (Lipinski definition) is 3. The van der Waals surface area contributed by atoms with Crippen LogP contribution in [0.1, 0.15) is 40.5 Å². The van der Waals surface area contributed by atoms with Crippen molar-refractivity contribution in [3.63, 3.8) is 0 Å². The molecule has 0 radical (unpaired) electrons. The van der Waals surface area contributed by atoms with Crippen molar-refractivity contribution in [2.24, 2.45) is 5.41 Å². The first-order chi connectivity index (χ1) is 13.3. The highest BCUT2D eigenvalue weighted by atomic mass is 19.4. The Balaban J connectivity index is 0.000000516. The molecule has 1 saturated heterocycles. The highest BCUT2D eigenvalue weighted by Gasteiger charge is 2.38. The second kappa shape index (κ2) is 10.3. The number of hydrogen-bond acceptors (Lipinski definition) is 6. The van der Waals surface area contributed by atoms with E-state index in [2.05, 4.69) is 46.3 Å². The van der Waals surface area contributed by atoms with Crippen molar-refractivity contribution in [1.29, 1.82) is 0 Å².